The predicted molar refractivity (Wildman–Crippen MR) is 65.3 cm³/mol. The molecule has 2 nitrogen and oxygen atoms in total. The summed E-state index contributed by atoms with van der Waals surface area (Å²) >= 11 is 0. The maximum atomic E-state index is 9.85. The van der Waals surface area contributed by atoms with Gasteiger partial charge in [0.2, 0.25) is 0 Å². The van der Waals surface area contributed by atoms with Crippen LogP contribution in [0.4, 0.5) is 5.69 Å². The molecule has 2 N–H and O–H groups in total. The molecule has 0 saturated heterocycles. The summed E-state index contributed by atoms with van der Waals surface area (Å²) < 4.78 is 0. The molecule has 0 aromatic heterocycles. The highest BCUT2D eigenvalue weighted by molar-refractivity contribution is 5.48. The van der Waals surface area contributed by atoms with Crippen LogP contribution in [-0.2, 0) is 0 Å². The molecule has 0 fully saturated rings. The molecule has 0 aliphatic heterocycles. The van der Waals surface area contributed by atoms with Gasteiger partial charge in [0.05, 0.1) is 5.60 Å². The summed E-state index contributed by atoms with van der Waals surface area (Å²) in [5.41, 5.74) is 3.02. The number of hydrogen-bond donors (Lipinski definition) is 2. The summed E-state index contributed by atoms with van der Waals surface area (Å²) in [5, 5.41) is 13.1. The van der Waals surface area contributed by atoms with Crippen LogP contribution in [0, 0.1) is 13.8 Å². The summed E-state index contributed by atoms with van der Waals surface area (Å²) in [6, 6.07) is 6.26. The van der Waals surface area contributed by atoms with E-state index in [1.807, 2.05) is 19.9 Å². The standard InChI is InChI=1S/C13H21NO/c1-5-13(4,15)9-14-12-7-6-10(2)11(3)8-12/h6-8,14-15H,5,9H2,1-4H3. The summed E-state index contributed by atoms with van der Waals surface area (Å²) in [7, 11) is 0. The number of rotatable bonds is 4. The van der Waals surface area contributed by atoms with Gasteiger partial charge in [-0.1, -0.05) is 13.0 Å². The maximum absolute atomic E-state index is 9.85. The van der Waals surface area contributed by atoms with E-state index < -0.39 is 5.60 Å². The third-order valence-electron chi connectivity index (χ3n) is 2.94. The fourth-order valence-corrected chi connectivity index (χ4v) is 1.27. The van der Waals surface area contributed by atoms with E-state index in [1.54, 1.807) is 0 Å². The van der Waals surface area contributed by atoms with Gasteiger partial charge in [0.15, 0.2) is 0 Å². The Hall–Kier alpha value is -1.02. The topological polar surface area (TPSA) is 32.3 Å². The Balaban J connectivity index is 2.62. The van der Waals surface area contributed by atoms with Crippen LogP contribution >= 0.6 is 0 Å². The molecule has 0 bridgehead atoms. The van der Waals surface area contributed by atoms with Gasteiger partial charge in [-0.15, -0.1) is 0 Å². The first kappa shape index (κ1) is 12.1. The van der Waals surface area contributed by atoms with Gasteiger partial charge in [0, 0.05) is 12.2 Å². The first-order valence-corrected chi connectivity index (χ1v) is 5.48. The lowest BCUT2D eigenvalue weighted by molar-refractivity contribution is 0.0697. The minimum atomic E-state index is -0.626. The Morgan fingerprint density at radius 3 is 2.47 bits per heavy atom. The zero-order chi connectivity index (χ0) is 11.5. The van der Waals surface area contributed by atoms with E-state index in [1.165, 1.54) is 11.1 Å². The minimum Gasteiger partial charge on any atom is -0.388 e. The fourth-order valence-electron chi connectivity index (χ4n) is 1.27. The van der Waals surface area contributed by atoms with E-state index in [4.69, 9.17) is 0 Å². The van der Waals surface area contributed by atoms with Gasteiger partial charge in [-0.3, -0.25) is 0 Å². The van der Waals surface area contributed by atoms with Crippen molar-refractivity contribution >= 4 is 5.69 Å². The molecular weight excluding hydrogens is 186 g/mol. The summed E-state index contributed by atoms with van der Waals surface area (Å²) in [5.74, 6) is 0. The van der Waals surface area contributed by atoms with Crippen molar-refractivity contribution in [3.05, 3.63) is 29.3 Å². The lowest BCUT2D eigenvalue weighted by Crippen LogP contribution is -2.32. The molecule has 15 heavy (non-hydrogen) atoms. The second-order valence-corrected chi connectivity index (χ2v) is 4.50. The van der Waals surface area contributed by atoms with Crippen LogP contribution < -0.4 is 5.32 Å². The second-order valence-electron chi connectivity index (χ2n) is 4.50. The van der Waals surface area contributed by atoms with E-state index in [-0.39, 0.29) is 0 Å². The highest BCUT2D eigenvalue weighted by atomic mass is 16.3. The third-order valence-corrected chi connectivity index (χ3v) is 2.94. The SMILES string of the molecule is CCC(C)(O)CNc1ccc(C)c(C)c1. The fraction of sp³-hybridized carbons (Fsp3) is 0.538. The number of hydrogen-bond acceptors (Lipinski definition) is 2. The van der Waals surface area contributed by atoms with Crippen LogP contribution in [0.5, 0.6) is 0 Å². The first-order valence-electron chi connectivity index (χ1n) is 5.48. The molecule has 0 radical (unpaired) electrons. The number of anilines is 1. The third kappa shape index (κ3) is 3.56. The molecule has 1 aromatic rings. The number of benzene rings is 1. The van der Waals surface area contributed by atoms with Gasteiger partial charge in [-0.05, 0) is 50.5 Å². The number of nitrogens with one attached hydrogen (secondary N) is 1. The van der Waals surface area contributed by atoms with Gasteiger partial charge in [0.1, 0.15) is 0 Å². The van der Waals surface area contributed by atoms with Gasteiger partial charge >= 0.3 is 0 Å². The normalized spacial score (nSPS) is 14.7. The molecule has 2 heteroatoms. The summed E-state index contributed by atoms with van der Waals surface area (Å²) in [4.78, 5) is 0. The Kier molecular flexibility index (Phi) is 3.75. The van der Waals surface area contributed by atoms with Gasteiger partial charge < -0.3 is 10.4 Å². The highest BCUT2D eigenvalue weighted by Gasteiger charge is 2.16. The van der Waals surface area contributed by atoms with Crippen molar-refractivity contribution in [1.29, 1.82) is 0 Å². The van der Waals surface area contributed by atoms with E-state index in [2.05, 4.69) is 31.3 Å². The van der Waals surface area contributed by atoms with Crippen molar-refractivity contribution in [3.63, 3.8) is 0 Å². The van der Waals surface area contributed by atoms with Crippen molar-refractivity contribution in [2.24, 2.45) is 0 Å². The predicted octanol–water partition coefficient (Wildman–Crippen LogP) is 2.88. The highest BCUT2D eigenvalue weighted by Crippen LogP contribution is 2.16. The zero-order valence-electron chi connectivity index (χ0n) is 10.1. The van der Waals surface area contributed by atoms with Crippen LogP contribution in [0.15, 0.2) is 18.2 Å². The van der Waals surface area contributed by atoms with Gasteiger partial charge in [0.25, 0.3) is 0 Å². The lowest BCUT2D eigenvalue weighted by Gasteiger charge is -2.22. The zero-order valence-corrected chi connectivity index (χ0v) is 10.1. The molecule has 0 spiro atoms. The van der Waals surface area contributed by atoms with Gasteiger partial charge in [-0.25, -0.2) is 0 Å². The molecule has 1 rings (SSSR count). The lowest BCUT2D eigenvalue weighted by atomic mass is 10.0. The van der Waals surface area contributed by atoms with Crippen molar-refractivity contribution < 1.29 is 5.11 Å². The Bertz CT molecular complexity index is 331. The van der Waals surface area contributed by atoms with E-state index in [9.17, 15) is 5.11 Å². The van der Waals surface area contributed by atoms with Crippen LogP contribution in [0.1, 0.15) is 31.4 Å². The quantitative estimate of drug-likeness (QED) is 0.795. The van der Waals surface area contributed by atoms with Crippen LogP contribution in [0.25, 0.3) is 0 Å². The maximum Gasteiger partial charge on any atom is 0.0788 e. The van der Waals surface area contributed by atoms with Gasteiger partial charge in [-0.2, -0.15) is 0 Å². The first-order chi connectivity index (χ1) is 6.94. The largest absolute Gasteiger partial charge is 0.388 e. The van der Waals surface area contributed by atoms with Crippen LogP contribution in [0.2, 0.25) is 0 Å². The van der Waals surface area contributed by atoms with Crippen LogP contribution in [0.3, 0.4) is 0 Å². The monoisotopic (exact) mass is 207 g/mol. The Morgan fingerprint density at radius 1 is 1.27 bits per heavy atom. The van der Waals surface area contributed by atoms with Crippen molar-refractivity contribution in [1.82, 2.24) is 0 Å². The average molecular weight is 207 g/mol. The molecule has 0 aliphatic rings. The molecule has 0 aliphatic carbocycles. The molecule has 0 heterocycles. The molecule has 84 valence electrons. The smallest absolute Gasteiger partial charge is 0.0788 e. The molecule has 1 atom stereocenters. The molecule has 1 aromatic carbocycles. The molecular formula is C13H21NO. The summed E-state index contributed by atoms with van der Waals surface area (Å²) in [6.45, 7) is 8.62. The number of aryl methyl sites for hydroxylation is 2. The van der Waals surface area contributed by atoms with E-state index >= 15 is 0 Å². The Morgan fingerprint density at radius 2 is 1.93 bits per heavy atom. The Labute approximate surface area is 92.3 Å². The summed E-state index contributed by atoms with van der Waals surface area (Å²) in [6.07, 6.45) is 0.755. The number of aliphatic hydroxyl groups is 1. The second kappa shape index (κ2) is 4.67. The van der Waals surface area contributed by atoms with Crippen LogP contribution in [-0.4, -0.2) is 17.3 Å². The van der Waals surface area contributed by atoms with Crippen molar-refractivity contribution in [2.45, 2.75) is 39.7 Å². The molecule has 0 saturated carbocycles. The van der Waals surface area contributed by atoms with Crippen molar-refractivity contribution in [3.8, 4) is 0 Å². The average Bonchev–Trinajstić information content (AvgIpc) is 2.20. The van der Waals surface area contributed by atoms with E-state index in [0.29, 0.717) is 6.54 Å². The van der Waals surface area contributed by atoms with Crippen molar-refractivity contribution in [2.75, 3.05) is 11.9 Å². The van der Waals surface area contributed by atoms with E-state index in [0.717, 1.165) is 12.1 Å². The molecule has 1 unspecified atom stereocenters. The minimum absolute atomic E-state index is 0.589. The molecule has 0 amide bonds.